The maximum Gasteiger partial charge on any atom is 0.142 e. The molecule has 1 aliphatic heterocycles. The van der Waals surface area contributed by atoms with E-state index in [-0.39, 0.29) is 11.5 Å². The minimum atomic E-state index is 0.0219. The molecule has 3 rings (SSSR count). The molecule has 5 nitrogen and oxygen atoms in total. The Morgan fingerprint density at radius 3 is 2.52 bits per heavy atom. The molecular formula is C18H22N2O3. The lowest BCUT2D eigenvalue weighted by molar-refractivity contribution is 0.120. The first kappa shape index (κ1) is 15.5. The van der Waals surface area contributed by atoms with Crippen molar-refractivity contribution in [2.75, 3.05) is 23.8 Å². The van der Waals surface area contributed by atoms with Crippen molar-refractivity contribution >= 4 is 17.1 Å². The SMILES string of the molecule is Cc1cc(Nc2ccc(NCC3CCCO3)cc2)c(O)cc1O. The monoisotopic (exact) mass is 314 g/mol. The number of anilines is 3. The fraction of sp³-hybridized carbons (Fsp3) is 0.333. The Kier molecular flexibility index (Phi) is 4.57. The van der Waals surface area contributed by atoms with Crippen molar-refractivity contribution in [3.05, 3.63) is 42.0 Å². The van der Waals surface area contributed by atoms with Crippen LogP contribution in [-0.4, -0.2) is 29.5 Å². The van der Waals surface area contributed by atoms with Gasteiger partial charge >= 0.3 is 0 Å². The topological polar surface area (TPSA) is 73.8 Å². The normalized spacial score (nSPS) is 17.2. The first-order valence-electron chi connectivity index (χ1n) is 7.87. The molecule has 5 heteroatoms. The zero-order valence-corrected chi connectivity index (χ0v) is 13.2. The predicted octanol–water partition coefficient (Wildman–Crippen LogP) is 3.74. The quantitative estimate of drug-likeness (QED) is 0.500. The molecule has 2 aromatic carbocycles. The van der Waals surface area contributed by atoms with Gasteiger partial charge in [0, 0.05) is 30.6 Å². The third-order valence-electron chi connectivity index (χ3n) is 4.04. The standard InChI is InChI=1S/C18H22N2O3/c1-12-9-16(18(22)10-17(12)21)20-14-6-4-13(5-7-14)19-11-15-3-2-8-23-15/h4-7,9-10,15,19-22H,2-3,8,11H2,1H3. The lowest BCUT2D eigenvalue weighted by Gasteiger charge is -2.13. The van der Waals surface area contributed by atoms with E-state index in [1.54, 1.807) is 13.0 Å². The molecule has 0 aromatic heterocycles. The van der Waals surface area contributed by atoms with Crippen LogP contribution in [-0.2, 0) is 4.74 Å². The number of hydrogen-bond acceptors (Lipinski definition) is 5. The van der Waals surface area contributed by atoms with E-state index in [1.165, 1.54) is 6.07 Å². The van der Waals surface area contributed by atoms with Crippen molar-refractivity contribution in [3.8, 4) is 11.5 Å². The maximum absolute atomic E-state index is 9.89. The van der Waals surface area contributed by atoms with Gasteiger partial charge in [0.2, 0.25) is 0 Å². The fourth-order valence-electron chi connectivity index (χ4n) is 2.65. The van der Waals surface area contributed by atoms with Crippen LogP contribution in [0.4, 0.5) is 17.1 Å². The number of aromatic hydroxyl groups is 2. The second-order valence-corrected chi connectivity index (χ2v) is 5.87. The molecule has 0 spiro atoms. The summed E-state index contributed by atoms with van der Waals surface area (Å²) in [7, 11) is 0. The van der Waals surface area contributed by atoms with Crippen molar-refractivity contribution in [1.29, 1.82) is 0 Å². The number of rotatable bonds is 5. The first-order chi connectivity index (χ1) is 11.1. The summed E-state index contributed by atoms with van der Waals surface area (Å²) < 4.78 is 5.59. The van der Waals surface area contributed by atoms with Gasteiger partial charge in [-0.3, -0.25) is 0 Å². The Hall–Kier alpha value is -2.40. The molecule has 2 aromatic rings. The van der Waals surface area contributed by atoms with Crippen LogP contribution in [0.15, 0.2) is 36.4 Å². The third-order valence-corrected chi connectivity index (χ3v) is 4.04. The average Bonchev–Trinajstić information content (AvgIpc) is 3.05. The predicted molar refractivity (Wildman–Crippen MR) is 91.7 cm³/mol. The molecule has 23 heavy (non-hydrogen) atoms. The van der Waals surface area contributed by atoms with Crippen molar-refractivity contribution in [1.82, 2.24) is 0 Å². The second kappa shape index (κ2) is 6.79. The average molecular weight is 314 g/mol. The van der Waals surface area contributed by atoms with Gasteiger partial charge in [0.05, 0.1) is 11.8 Å². The molecular weight excluding hydrogens is 292 g/mol. The molecule has 1 fully saturated rings. The van der Waals surface area contributed by atoms with Crippen LogP contribution in [0.1, 0.15) is 18.4 Å². The number of benzene rings is 2. The first-order valence-corrected chi connectivity index (χ1v) is 7.87. The van der Waals surface area contributed by atoms with Crippen LogP contribution in [0.5, 0.6) is 11.5 Å². The van der Waals surface area contributed by atoms with Crippen LogP contribution in [0, 0.1) is 6.92 Å². The van der Waals surface area contributed by atoms with Gasteiger partial charge in [-0.05, 0) is 55.7 Å². The van der Waals surface area contributed by atoms with E-state index >= 15 is 0 Å². The molecule has 1 saturated heterocycles. The Balaban J connectivity index is 1.62. The van der Waals surface area contributed by atoms with E-state index in [4.69, 9.17) is 4.74 Å². The van der Waals surface area contributed by atoms with E-state index in [1.807, 2.05) is 24.3 Å². The van der Waals surface area contributed by atoms with Crippen LogP contribution in [0.2, 0.25) is 0 Å². The minimum absolute atomic E-state index is 0.0219. The Labute approximate surface area is 135 Å². The molecule has 1 heterocycles. The highest BCUT2D eigenvalue weighted by Gasteiger charge is 2.14. The van der Waals surface area contributed by atoms with Gasteiger partial charge in [-0.2, -0.15) is 0 Å². The molecule has 4 N–H and O–H groups in total. The number of aryl methyl sites for hydroxylation is 1. The molecule has 0 saturated carbocycles. The van der Waals surface area contributed by atoms with Gasteiger partial charge in [0.1, 0.15) is 11.5 Å². The van der Waals surface area contributed by atoms with E-state index in [2.05, 4.69) is 10.6 Å². The number of phenols is 2. The zero-order chi connectivity index (χ0) is 16.2. The summed E-state index contributed by atoms with van der Waals surface area (Å²) in [5, 5.41) is 26.0. The van der Waals surface area contributed by atoms with E-state index < -0.39 is 0 Å². The molecule has 0 bridgehead atoms. The fourth-order valence-corrected chi connectivity index (χ4v) is 2.65. The highest BCUT2D eigenvalue weighted by molar-refractivity contribution is 5.69. The summed E-state index contributed by atoms with van der Waals surface area (Å²) in [6.07, 6.45) is 2.57. The maximum atomic E-state index is 9.89. The molecule has 0 radical (unpaired) electrons. The summed E-state index contributed by atoms with van der Waals surface area (Å²) in [6, 6.07) is 10.9. The minimum Gasteiger partial charge on any atom is -0.508 e. The molecule has 1 aliphatic rings. The zero-order valence-electron chi connectivity index (χ0n) is 13.2. The third kappa shape index (κ3) is 3.87. The Morgan fingerprint density at radius 1 is 1.09 bits per heavy atom. The van der Waals surface area contributed by atoms with E-state index in [0.29, 0.717) is 17.4 Å². The molecule has 0 amide bonds. The van der Waals surface area contributed by atoms with Crippen LogP contribution in [0.3, 0.4) is 0 Å². The Morgan fingerprint density at radius 2 is 1.83 bits per heavy atom. The summed E-state index contributed by atoms with van der Waals surface area (Å²) in [5.74, 6) is 0.107. The summed E-state index contributed by atoms with van der Waals surface area (Å²) in [6.45, 7) is 3.48. The second-order valence-electron chi connectivity index (χ2n) is 5.87. The van der Waals surface area contributed by atoms with Crippen molar-refractivity contribution in [3.63, 3.8) is 0 Å². The van der Waals surface area contributed by atoms with Gasteiger partial charge < -0.3 is 25.6 Å². The number of hydrogen-bond donors (Lipinski definition) is 4. The van der Waals surface area contributed by atoms with Gasteiger partial charge in [-0.1, -0.05) is 0 Å². The van der Waals surface area contributed by atoms with Crippen molar-refractivity contribution < 1.29 is 14.9 Å². The van der Waals surface area contributed by atoms with Gasteiger partial charge in [0.15, 0.2) is 0 Å². The molecule has 1 unspecified atom stereocenters. The highest BCUT2D eigenvalue weighted by Crippen LogP contribution is 2.33. The molecule has 1 atom stereocenters. The van der Waals surface area contributed by atoms with Gasteiger partial charge in [-0.15, -0.1) is 0 Å². The van der Waals surface area contributed by atoms with Crippen molar-refractivity contribution in [2.45, 2.75) is 25.9 Å². The van der Waals surface area contributed by atoms with Gasteiger partial charge in [-0.25, -0.2) is 0 Å². The summed E-state index contributed by atoms with van der Waals surface area (Å²) >= 11 is 0. The lowest BCUT2D eigenvalue weighted by Crippen LogP contribution is -2.18. The number of ether oxygens (including phenoxy) is 1. The smallest absolute Gasteiger partial charge is 0.142 e. The van der Waals surface area contributed by atoms with E-state index in [0.717, 1.165) is 37.4 Å². The van der Waals surface area contributed by atoms with Crippen LogP contribution < -0.4 is 10.6 Å². The highest BCUT2D eigenvalue weighted by atomic mass is 16.5. The van der Waals surface area contributed by atoms with Gasteiger partial charge in [0.25, 0.3) is 0 Å². The molecule has 122 valence electrons. The van der Waals surface area contributed by atoms with Crippen LogP contribution >= 0.6 is 0 Å². The number of nitrogens with one attached hydrogen (secondary N) is 2. The molecule has 0 aliphatic carbocycles. The van der Waals surface area contributed by atoms with Crippen LogP contribution in [0.25, 0.3) is 0 Å². The Bertz CT molecular complexity index is 665. The summed E-state index contributed by atoms with van der Waals surface area (Å²) in [4.78, 5) is 0. The lowest BCUT2D eigenvalue weighted by atomic mass is 10.1. The number of phenolic OH excluding ortho intramolecular Hbond substituents is 2. The summed E-state index contributed by atoms with van der Waals surface area (Å²) in [5.41, 5.74) is 3.19. The van der Waals surface area contributed by atoms with E-state index in [9.17, 15) is 10.2 Å². The largest absolute Gasteiger partial charge is 0.508 e. The van der Waals surface area contributed by atoms with Crippen molar-refractivity contribution in [2.24, 2.45) is 0 Å².